The van der Waals surface area contributed by atoms with Crippen LogP contribution in [-0.2, 0) is 18.3 Å². The van der Waals surface area contributed by atoms with E-state index in [-0.39, 0.29) is 17.8 Å². The highest BCUT2D eigenvalue weighted by Crippen LogP contribution is 2.52. The summed E-state index contributed by atoms with van der Waals surface area (Å²) in [6, 6.07) is 16.7. The van der Waals surface area contributed by atoms with Gasteiger partial charge in [0.1, 0.15) is 11.5 Å². The van der Waals surface area contributed by atoms with Crippen molar-refractivity contribution < 1.29 is 9.90 Å². The van der Waals surface area contributed by atoms with E-state index in [0.717, 1.165) is 64.1 Å². The van der Waals surface area contributed by atoms with Crippen molar-refractivity contribution >= 4 is 33.6 Å². The van der Waals surface area contributed by atoms with Crippen LogP contribution in [0.1, 0.15) is 12.5 Å². The SMILES string of the molecule is CCc1cccc2c(-c3cccc4nn(C)cc34)nn(-c3ccc(N4CC5C(C4)C5C(=O)O)nc3)c12. The molecule has 0 amide bonds. The molecule has 1 N–H and O–H groups in total. The average molecular weight is 479 g/mol. The zero-order valence-corrected chi connectivity index (χ0v) is 20.2. The van der Waals surface area contributed by atoms with Crippen molar-refractivity contribution in [2.75, 3.05) is 18.0 Å². The van der Waals surface area contributed by atoms with Gasteiger partial charge >= 0.3 is 5.97 Å². The molecule has 2 fully saturated rings. The summed E-state index contributed by atoms with van der Waals surface area (Å²) >= 11 is 0. The van der Waals surface area contributed by atoms with Gasteiger partial charge in [0.05, 0.1) is 28.8 Å². The summed E-state index contributed by atoms with van der Waals surface area (Å²) in [5.74, 6) is 0.560. The van der Waals surface area contributed by atoms with Crippen LogP contribution in [0, 0.1) is 17.8 Å². The molecule has 1 aliphatic carbocycles. The van der Waals surface area contributed by atoms with Crippen LogP contribution in [-0.4, -0.2) is 48.7 Å². The second-order valence-electron chi connectivity index (χ2n) is 9.94. The number of nitrogens with zero attached hydrogens (tertiary/aromatic N) is 6. The minimum Gasteiger partial charge on any atom is -0.481 e. The first-order valence-corrected chi connectivity index (χ1v) is 12.4. The highest BCUT2D eigenvalue weighted by atomic mass is 16.4. The number of benzene rings is 2. The van der Waals surface area contributed by atoms with Crippen molar-refractivity contribution in [2.45, 2.75) is 13.3 Å². The summed E-state index contributed by atoms with van der Waals surface area (Å²) in [6.45, 7) is 3.69. The maximum atomic E-state index is 11.3. The summed E-state index contributed by atoms with van der Waals surface area (Å²) in [7, 11) is 1.94. The predicted octanol–water partition coefficient (Wildman–Crippen LogP) is 4.30. The Balaban J connectivity index is 1.30. The summed E-state index contributed by atoms with van der Waals surface area (Å²) in [6.07, 6.45) is 4.82. The summed E-state index contributed by atoms with van der Waals surface area (Å²) in [5, 5.41) is 21.2. The largest absolute Gasteiger partial charge is 0.481 e. The zero-order valence-electron chi connectivity index (χ0n) is 20.2. The molecule has 7 rings (SSSR count). The van der Waals surface area contributed by atoms with Gasteiger partial charge in [-0.25, -0.2) is 9.67 Å². The van der Waals surface area contributed by atoms with E-state index in [1.54, 1.807) is 0 Å². The fourth-order valence-electron chi connectivity index (χ4n) is 6.05. The molecule has 2 aromatic carbocycles. The number of hydrogen-bond acceptors (Lipinski definition) is 5. The van der Waals surface area contributed by atoms with Crippen molar-refractivity contribution in [1.29, 1.82) is 0 Å². The number of carboxylic acid groups (broad SMARTS) is 1. The van der Waals surface area contributed by atoms with E-state index in [2.05, 4.69) is 47.3 Å². The summed E-state index contributed by atoms with van der Waals surface area (Å²) in [4.78, 5) is 18.3. The smallest absolute Gasteiger partial charge is 0.307 e. The molecule has 0 bridgehead atoms. The van der Waals surface area contributed by atoms with Gasteiger partial charge < -0.3 is 10.0 Å². The third-order valence-electron chi connectivity index (χ3n) is 7.87. The van der Waals surface area contributed by atoms with Gasteiger partial charge in [0.25, 0.3) is 0 Å². The van der Waals surface area contributed by atoms with Crippen LogP contribution in [0.15, 0.2) is 60.9 Å². The van der Waals surface area contributed by atoms with E-state index >= 15 is 0 Å². The number of fused-ring (bicyclic) bond motifs is 3. The molecule has 2 atom stereocenters. The second kappa shape index (κ2) is 7.65. The molecule has 4 heterocycles. The Hall–Kier alpha value is -4.20. The molecule has 0 spiro atoms. The Kier molecular flexibility index (Phi) is 4.49. The number of anilines is 1. The first-order valence-electron chi connectivity index (χ1n) is 12.4. The maximum Gasteiger partial charge on any atom is 0.307 e. The first kappa shape index (κ1) is 21.1. The van der Waals surface area contributed by atoms with Crippen LogP contribution < -0.4 is 4.90 Å². The van der Waals surface area contributed by atoms with Gasteiger partial charge in [-0.3, -0.25) is 9.48 Å². The second-order valence-corrected chi connectivity index (χ2v) is 9.94. The molecule has 5 aromatic rings. The van der Waals surface area contributed by atoms with Gasteiger partial charge in [0, 0.05) is 42.7 Å². The fourth-order valence-corrected chi connectivity index (χ4v) is 6.05. The molecular weight excluding hydrogens is 452 g/mol. The van der Waals surface area contributed by atoms with Gasteiger partial charge in [-0.15, -0.1) is 0 Å². The average Bonchev–Trinajstić information content (AvgIpc) is 3.23. The first-order chi connectivity index (χ1) is 17.5. The number of para-hydroxylation sites is 1. The maximum absolute atomic E-state index is 11.3. The molecule has 3 aromatic heterocycles. The number of aromatic nitrogens is 5. The number of carbonyl (C=O) groups is 1. The molecule has 1 aliphatic heterocycles. The fraction of sp³-hybridized carbons (Fsp3) is 0.286. The summed E-state index contributed by atoms with van der Waals surface area (Å²) < 4.78 is 3.85. The number of hydrogen-bond donors (Lipinski definition) is 1. The molecule has 1 saturated carbocycles. The number of pyridine rings is 1. The van der Waals surface area contributed by atoms with Crippen molar-refractivity contribution in [2.24, 2.45) is 24.8 Å². The lowest BCUT2D eigenvalue weighted by atomic mass is 10.0. The van der Waals surface area contributed by atoms with E-state index in [4.69, 9.17) is 10.1 Å². The molecule has 2 aliphatic rings. The lowest BCUT2D eigenvalue weighted by Crippen LogP contribution is -2.26. The molecule has 8 nitrogen and oxygen atoms in total. The quantitative estimate of drug-likeness (QED) is 0.405. The van der Waals surface area contributed by atoms with Gasteiger partial charge in [-0.2, -0.15) is 10.2 Å². The topological polar surface area (TPSA) is 89.1 Å². The van der Waals surface area contributed by atoms with Crippen LogP contribution in [0.4, 0.5) is 5.82 Å². The molecule has 8 heteroatoms. The highest BCUT2D eigenvalue weighted by molar-refractivity contribution is 6.03. The number of carboxylic acids is 1. The normalized spacial score (nSPS) is 20.8. The van der Waals surface area contributed by atoms with Crippen molar-refractivity contribution in [3.05, 3.63) is 66.5 Å². The summed E-state index contributed by atoms with van der Waals surface area (Å²) in [5.41, 5.74) is 6.17. The Labute approximate surface area is 207 Å². The Morgan fingerprint density at radius 1 is 1.03 bits per heavy atom. The highest BCUT2D eigenvalue weighted by Gasteiger charge is 2.60. The molecule has 180 valence electrons. The number of piperidine rings is 1. The third-order valence-corrected chi connectivity index (χ3v) is 7.87. The van der Waals surface area contributed by atoms with Crippen molar-refractivity contribution in [1.82, 2.24) is 24.5 Å². The van der Waals surface area contributed by atoms with Gasteiger partial charge in [-0.1, -0.05) is 37.3 Å². The van der Waals surface area contributed by atoms with Crippen LogP contribution in [0.5, 0.6) is 0 Å². The van der Waals surface area contributed by atoms with E-state index in [0.29, 0.717) is 0 Å². The molecule has 36 heavy (non-hydrogen) atoms. The van der Waals surface area contributed by atoms with Crippen LogP contribution in [0.2, 0.25) is 0 Å². The van der Waals surface area contributed by atoms with Gasteiger partial charge in [0.2, 0.25) is 0 Å². The third kappa shape index (κ3) is 3.07. The van der Waals surface area contributed by atoms with E-state index in [1.165, 1.54) is 5.56 Å². The number of aliphatic carboxylic acids is 1. The van der Waals surface area contributed by atoms with Gasteiger partial charge in [-0.05, 0) is 42.0 Å². The Bertz CT molecular complexity index is 1640. The van der Waals surface area contributed by atoms with E-state index in [9.17, 15) is 9.90 Å². The zero-order chi connectivity index (χ0) is 24.6. The Morgan fingerprint density at radius 3 is 2.56 bits per heavy atom. The Morgan fingerprint density at radius 2 is 1.83 bits per heavy atom. The number of rotatable bonds is 5. The molecular formula is C28H26N6O2. The van der Waals surface area contributed by atoms with Crippen molar-refractivity contribution in [3.8, 4) is 16.9 Å². The minimum absolute atomic E-state index is 0.175. The number of aryl methyl sites for hydroxylation is 2. The van der Waals surface area contributed by atoms with E-state index in [1.807, 2.05) is 47.0 Å². The minimum atomic E-state index is -0.664. The van der Waals surface area contributed by atoms with E-state index < -0.39 is 5.97 Å². The molecule has 2 unspecified atom stereocenters. The molecule has 1 saturated heterocycles. The molecule has 0 radical (unpaired) electrons. The predicted molar refractivity (Wildman–Crippen MR) is 138 cm³/mol. The lowest BCUT2D eigenvalue weighted by molar-refractivity contribution is -0.139. The standard InChI is InChI=1S/C28H26N6O2/c1-3-16-6-4-8-19-26(18-7-5-9-23-20(18)13-32(2)30-23)31-34(27(16)19)17-10-11-24(29-12-17)33-14-21-22(15-33)25(21)28(35)36/h4-13,21-22,25H,3,14-15H2,1-2H3,(H,35,36). The monoisotopic (exact) mass is 478 g/mol. The van der Waals surface area contributed by atoms with Crippen molar-refractivity contribution in [3.63, 3.8) is 0 Å². The van der Waals surface area contributed by atoms with Gasteiger partial charge in [0.15, 0.2) is 0 Å². The lowest BCUT2D eigenvalue weighted by Gasteiger charge is -2.20. The van der Waals surface area contributed by atoms with Crippen LogP contribution >= 0.6 is 0 Å². The van der Waals surface area contributed by atoms with Crippen LogP contribution in [0.3, 0.4) is 0 Å². The van der Waals surface area contributed by atoms with Crippen LogP contribution in [0.25, 0.3) is 38.8 Å².